The van der Waals surface area contributed by atoms with Crippen molar-refractivity contribution in [3.63, 3.8) is 0 Å². The van der Waals surface area contributed by atoms with Gasteiger partial charge in [-0.1, -0.05) is 5.92 Å². The molecule has 0 rings (SSSR count). The quantitative estimate of drug-likeness (QED) is 0.282. The minimum atomic E-state index is 1.43. The molecule has 0 saturated carbocycles. The van der Waals surface area contributed by atoms with Gasteiger partial charge in [-0.05, 0) is 23.7 Å². The zero-order chi connectivity index (χ0) is 9.78. The van der Waals surface area contributed by atoms with Crippen molar-refractivity contribution in [2.75, 3.05) is 0 Å². The second kappa shape index (κ2) is 9.23. The standard InChI is InChI=1S/C13H3/c1-3-5-7-9-11-13-12-10-8-6-4-2/h1-2,13H/q+1. The first-order valence-corrected chi connectivity index (χ1v) is 3.15. The van der Waals surface area contributed by atoms with E-state index in [2.05, 4.69) is 58.8 Å². The smallest absolute Gasteiger partial charge is 0.106 e. The van der Waals surface area contributed by atoms with Crippen molar-refractivity contribution in [1.82, 2.24) is 0 Å². The summed E-state index contributed by atoms with van der Waals surface area (Å²) in [5.41, 5.74) is 7.46. The van der Waals surface area contributed by atoms with Crippen molar-refractivity contribution in [2.45, 2.75) is 0 Å². The van der Waals surface area contributed by atoms with Crippen LogP contribution in [-0.2, 0) is 0 Å². The van der Waals surface area contributed by atoms with Gasteiger partial charge in [0.2, 0.25) is 0 Å². The Morgan fingerprint density at radius 3 is 2.62 bits per heavy atom. The Kier molecular flexibility index (Phi) is 7.26. The summed E-state index contributed by atoms with van der Waals surface area (Å²) in [5.74, 6) is 14.1. The van der Waals surface area contributed by atoms with Crippen LogP contribution in [0.5, 0.6) is 0 Å². The molecule has 0 radical (unpaired) electrons. The molecular formula is C13H3+. The van der Waals surface area contributed by atoms with Crippen LogP contribution < -0.4 is 0 Å². The predicted molar refractivity (Wildman–Crippen MR) is 51.6 cm³/mol. The van der Waals surface area contributed by atoms with Gasteiger partial charge in [-0.25, -0.2) is 0 Å². The molecule has 0 heteroatoms. The first-order valence-electron chi connectivity index (χ1n) is 3.15. The highest BCUT2D eigenvalue weighted by atomic mass is 13.5. The molecule has 0 unspecified atom stereocenters. The largest absolute Gasteiger partial charge is 0.168 e. The minimum Gasteiger partial charge on any atom is -0.106 e. The van der Waals surface area contributed by atoms with Crippen LogP contribution in [0.3, 0.4) is 0 Å². The molecule has 0 saturated heterocycles. The van der Waals surface area contributed by atoms with Crippen LogP contribution in [0.1, 0.15) is 0 Å². The highest BCUT2D eigenvalue weighted by Crippen LogP contribution is 1.61. The summed E-state index contributed by atoms with van der Waals surface area (Å²) in [6, 6.07) is 0. The SMILES string of the molecule is C#CC#CC#CC=C=C=C=[C+]C#C. The van der Waals surface area contributed by atoms with Crippen LogP contribution in [-0.4, -0.2) is 0 Å². The maximum absolute atomic E-state index is 4.86. The van der Waals surface area contributed by atoms with E-state index < -0.39 is 0 Å². The summed E-state index contributed by atoms with van der Waals surface area (Å²) < 4.78 is 0. The molecule has 0 heterocycles. The first kappa shape index (κ1) is 10.2. The highest BCUT2D eigenvalue weighted by molar-refractivity contribution is 5.36. The molecule has 0 amide bonds. The van der Waals surface area contributed by atoms with Gasteiger partial charge in [-0.2, -0.15) is 0 Å². The lowest BCUT2D eigenvalue weighted by Crippen LogP contribution is -1.49. The van der Waals surface area contributed by atoms with Gasteiger partial charge in [0.05, 0.1) is 6.08 Å². The summed E-state index contributed by atoms with van der Waals surface area (Å²) in [4.78, 5) is 0. The summed E-state index contributed by atoms with van der Waals surface area (Å²) in [6.07, 6.45) is 13.5. The van der Waals surface area contributed by atoms with E-state index in [0.717, 1.165) is 0 Å². The van der Waals surface area contributed by atoms with Crippen molar-refractivity contribution in [3.8, 4) is 48.4 Å². The van der Waals surface area contributed by atoms with Gasteiger partial charge in [0.1, 0.15) is 11.7 Å². The molecule has 0 spiro atoms. The number of hydrogen-bond donors (Lipinski definition) is 0. The summed E-state index contributed by atoms with van der Waals surface area (Å²) in [5, 5.41) is 0. The van der Waals surface area contributed by atoms with Crippen LogP contribution in [0.2, 0.25) is 0 Å². The Morgan fingerprint density at radius 2 is 1.92 bits per heavy atom. The third-order valence-electron chi connectivity index (χ3n) is 0.683. The second-order valence-corrected chi connectivity index (χ2v) is 1.47. The van der Waals surface area contributed by atoms with Crippen molar-refractivity contribution in [3.05, 3.63) is 29.3 Å². The monoisotopic (exact) mass is 159 g/mol. The summed E-state index contributed by atoms with van der Waals surface area (Å²) >= 11 is 0. The lowest BCUT2D eigenvalue weighted by molar-refractivity contribution is 2.06. The lowest BCUT2D eigenvalue weighted by atomic mass is 10.5. The normalized spacial score (nSPS) is 3.85. The highest BCUT2D eigenvalue weighted by Gasteiger charge is 1.59. The fourth-order valence-electron chi connectivity index (χ4n) is 0.315. The zero-order valence-corrected chi connectivity index (χ0v) is 6.73. The fourth-order valence-corrected chi connectivity index (χ4v) is 0.315. The van der Waals surface area contributed by atoms with Gasteiger partial charge in [-0.3, -0.25) is 0 Å². The van der Waals surface area contributed by atoms with Gasteiger partial charge in [0, 0.05) is 12.2 Å². The minimum absolute atomic E-state index is 1.43. The Labute approximate surface area is 78.4 Å². The number of allylic oxidation sites excluding steroid dienone is 2. The Bertz CT molecular complexity index is 489. The van der Waals surface area contributed by atoms with Crippen molar-refractivity contribution >= 4 is 0 Å². The Balaban J connectivity index is 4.41. The predicted octanol–water partition coefficient (Wildman–Crippen LogP) is 1.08. The number of terminal acetylenes is 2. The van der Waals surface area contributed by atoms with E-state index in [1.165, 1.54) is 6.08 Å². The van der Waals surface area contributed by atoms with Crippen LogP contribution in [0, 0.1) is 54.4 Å². The molecule has 0 N–H and O–H groups in total. The molecule has 0 atom stereocenters. The molecule has 0 aromatic rings. The van der Waals surface area contributed by atoms with E-state index in [1.54, 1.807) is 0 Å². The molecule has 0 aromatic heterocycles. The summed E-state index contributed by atoms with van der Waals surface area (Å²) in [6.45, 7) is 0. The molecule has 0 fully saturated rings. The Morgan fingerprint density at radius 1 is 1.08 bits per heavy atom. The molecule has 0 bridgehead atoms. The van der Waals surface area contributed by atoms with Crippen LogP contribution in [0.4, 0.5) is 0 Å². The maximum Gasteiger partial charge on any atom is 0.168 e. The molecular weight excluding hydrogens is 156 g/mol. The van der Waals surface area contributed by atoms with Crippen molar-refractivity contribution < 1.29 is 0 Å². The van der Waals surface area contributed by atoms with Gasteiger partial charge in [0.15, 0.2) is 11.8 Å². The lowest BCUT2D eigenvalue weighted by Gasteiger charge is -1.52. The molecule has 13 heavy (non-hydrogen) atoms. The molecule has 0 aliphatic carbocycles. The zero-order valence-electron chi connectivity index (χ0n) is 6.73. The fraction of sp³-hybridized carbons (Fsp3) is 0. The van der Waals surface area contributed by atoms with E-state index in [1.807, 2.05) is 0 Å². The van der Waals surface area contributed by atoms with E-state index in [-0.39, 0.29) is 0 Å². The van der Waals surface area contributed by atoms with E-state index in [4.69, 9.17) is 12.8 Å². The molecule has 0 aliphatic heterocycles. The molecule has 0 nitrogen and oxygen atoms in total. The third-order valence-corrected chi connectivity index (χ3v) is 0.683. The van der Waals surface area contributed by atoms with Gasteiger partial charge >= 0.3 is 0 Å². The average Bonchev–Trinajstić information content (AvgIpc) is 2.16. The first-order chi connectivity index (χ1) is 6.41. The van der Waals surface area contributed by atoms with Gasteiger partial charge in [0.25, 0.3) is 0 Å². The Hall–Kier alpha value is -2.77. The third kappa shape index (κ3) is 9.23. The van der Waals surface area contributed by atoms with Crippen LogP contribution in [0.25, 0.3) is 0 Å². The second-order valence-electron chi connectivity index (χ2n) is 1.47. The molecule has 0 aliphatic rings. The van der Waals surface area contributed by atoms with Crippen molar-refractivity contribution in [1.29, 1.82) is 0 Å². The number of rotatable bonds is 0. The number of hydrogen-bond acceptors (Lipinski definition) is 0. The maximum atomic E-state index is 4.86. The van der Waals surface area contributed by atoms with Crippen molar-refractivity contribution in [2.24, 2.45) is 0 Å². The van der Waals surface area contributed by atoms with Crippen LogP contribution in [0.15, 0.2) is 23.3 Å². The van der Waals surface area contributed by atoms with Gasteiger partial charge < -0.3 is 0 Å². The molecule has 0 aromatic carbocycles. The average molecular weight is 159 g/mol. The summed E-state index contributed by atoms with van der Waals surface area (Å²) in [7, 11) is 0. The van der Waals surface area contributed by atoms with Crippen LogP contribution >= 0.6 is 0 Å². The topological polar surface area (TPSA) is 0 Å². The molecule has 54 valence electrons. The van der Waals surface area contributed by atoms with E-state index in [0.29, 0.717) is 0 Å². The van der Waals surface area contributed by atoms with E-state index in [9.17, 15) is 0 Å². The van der Waals surface area contributed by atoms with E-state index >= 15 is 0 Å². The van der Waals surface area contributed by atoms with Gasteiger partial charge in [-0.15, -0.1) is 6.42 Å².